The van der Waals surface area contributed by atoms with Crippen LogP contribution in [0.4, 0.5) is 5.69 Å². The number of benzene rings is 1. The van der Waals surface area contributed by atoms with Crippen LogP contribution < -0.4 is 11.1 Å². The number of ether oxygens (including phenoxy) is 1. The van der Waals surface area contributed by atoms with Gasteiger partial charge in [-0.15, -0.1) is 0 Å². The standard InChI is InChI=1S/C15H24N4O/c1-13-4-2-5-14(12-13)18-15(16)17-6-3-7-19-8-10-20-11-9-19/h2,4-5,12H,3,6-11H2,1H3,(H3,16,17,18). The van der Waals surface area contributed by atoms with Gasteiger partial charge >= 0.3 is 0 Å². The van der Waals surface area contributed by atoms with Crippen molar-refractivity contribution in [2.24, 2.45) is 10.7 Å². The lowest BCUT2D eigenvalue weighted by molar-refractivity contribution is 0.0377. The van der Waals surface area contributed by atoms with Crippen molar-refractivity contribution in [1.82, 2.24) is 4.90 Å². The Morgan fingerprint density at radius 3 is 2.95 bits per heavy atom. The number of anilines is 1. The molecule has 0 aliphatic carbocycles. The van der Waals surface area contributed by atoms with E-state index < -0.39 is 0 Å². The largest absolute Gasteiger partial charge is 0.379 e. The molecule has 5 heteroatoms. The fourth-order valence-electron chi connectivity index (χ4n) is 2.23. The second-order valence-electron chi connectivity index (χ2n) is 5.07. The molecule has 0 unspecified atom stereocenters. The number of nitrogens with two attached hydrogens (primary N) is 1. The van der Waals surface area contributed by atoms with Crippen molar-refractivity contribution in [1.29, 1.82) is 0 Å². The predicted octanol–water partition coefficient (Wildman–Crippen LogP) is 1.44. The van der Waals surface area contributed by atoms with Gasteiger partial charge in [0.2, 0.25) is 0 Å². The number of rotatable bonds is 5. The highest BCUT2D eigenvalue weighted by Crippen LogP contribution is 2.08. The minimum Gasteiger partial charge on any atom is -0.379 e. The second kappa shape index (κ2) is 7.87. The van der Waals surface area contributed by atoms with Crippen molar-refractivity contribution in [3.8, 4) is 0 Å². The lowest BCUT2D eigenvalue weighted by Crippen LogP contribution is -2.37. The molecule has 1 heterocycles. The van der Waals surface area contributed by atoms with E-state index in [0.717, 1.165) is 51.5 Å². The van der Waals surface area contributed by atoms with Crippen LogP contribution in [-0.2, 0) is 4.74 Å². The van der Waals surface area contributed by atoms with Crippen LogP contribution in [0.25, 0.3) is 0 Å². The fourth-order valence-corrected chi connectivity index (χ4v) is 2.23. The summed E-state index contributed by atoms with van der Waals surface area (Å²) >= 11 is 0. The van der Waals surface area contributed by atoms with Gasteiger partial charge in [-0.2, -0.15) is 0 Å². The Kier molecular flexibility index (Phi) is 5.83. The molecule has 0 aromatic heterocycles. The van der Waals surface area contributed by atoms with Gasteiger partial charge in [0.25, 0.3) is 0 Å². The first-order chi connectivity index (χ1) is 9.74. The zero-order valence-electron chi connectivity index (χ0n) is 12.1. The van der Waals surface area contributed by atoms with Crippen LogP contribution in [0.5, 0.6) is 0 Å². The lowest BCUT2D eigenvalue weighted by Gasteiger charge is -2.26. The summed E-state index contributed by atoms with van der Waals surface area (Å²) in [6.07, 6.45) is 1.02. The van der Waals surface area contributed by atoms with Crippen LogP contribution in [0.1, 0.15) is 12.0 Å². The van der Waals surface area contributed by atoms with E-state index in [1.807, 2.05) is 12.1 Å². The Hall–Kier alpha value is -1.59. The molecule has 1 aromatic carbocycles. The Balaban J connectivity index is 1.68. The van der Waals surface area contributed by atoms with Crippen LogP contribution >= 0.6 is 0 Å². The highest BCUT2D eigenvalue weighted by Gasteiger charge is 2.08. The zero-order valence-corrected chi connectivity index (χ0v) is 12.1. The summed E-state index contributed by atoms with van der Waals surface area (Å²) in [5, 5.41) is 3.12. The average Bonchev–Trinajstić information content (AvgIpc) is 2.45. The molecule has 0 spiro atoms. The molecular formula is C15H24N4O. The van der Waals surface area contributed by atoms with Crippen LogP contribution in [0.2, 0.25) is 0 Å². The minimum absolute atomic E-state index is 0.484. The van der Waals surface area contributed by atoms with Gasteiger partial charge in [-0.25, -0.2) is 0 Å². The number of morpholine rings is 1. The molecule has 1 aliphatic heterocycles. The Bertz CT molecular complexity index is 441. The number of hydrogen-bond donors (Lipinski definition) is 2. The molecule has 1 fully saturated rings. The SMILES string of the molecule is Cc1cccc(NC(N)=NCCCN2CCOCC2)c1. The molecule has 1 aromatic rings. The first-order valence-corrected chi connectivity index (χ1v) is 7.18. The maximum Gasteiger partial charge on any atom is 0.193 e. The van der Waals surface area contributed by atoms with E-state index in [-0.39, 0.29) is 0 Å². The number of hydrogen-bond acceptors (Lipinski definition) is 3. The van der Waals surface area contributed by atoms with Crippen molar-refractivity contribution in [2.75, 3.05) is 44.7 Å². The van der Waals surface area contributed by atoms with Gasteiger partial charge in [0.15, 0.2) is 5.96 Å². The predicted molar refractivity (Wildman–Crippen MR) is 83.2 cm³/mol. The van der Waals surface area contributed by atoms with Gasteiger partial charge in [0, 0.05) is 31.9 Å². The Labute approximate surface area is 120 Å². The summed E-state index contributed by atoms with van der Waals surface area (Å²) < 4.78 is 5.32. The van der Waals surface area contributed by atoms with Crippen molar-refractivity contribution < 1.29 is 4.74 Å². The number of aryl methyl sites for hydroxylation is 1. The van der Waals surface area contributed by atoms with E-state index >= 15 is 0 Å². The van der Waals surface area contributed by atoms with Gasteiger partial charge in [-0.3, -0.25) is 9.89 Å². The monoisotopic (exact) mass is 276 g/mol. The van der Waals surface area contributed by atoms with E-state index in [0.29, 0.717) is 5.96 Å². The van der Waals surface area contributed by atoms with Crippen LogP contribution in [0.15, 0.2) is 29.3 Å². The molecule has 110 valence electrons. The minimum atomic E-state index is 0.484. The van der Waals surface area contributed by atoms with Crippen molar-refractivity contribution in [3.63, 3.8) is 0 Å². The molecule has 0 amide bonds. The number of nitrogens with one attached hydrogen (secondary N) is 1. The molecular weight excluding hydrogens is 252 g/mol. The van der Waals surface area contributed by atoms with Crippen molar-refractivity contribution in [3.05, 3.63) is 29.8 Å². The van der Waals surface area contributed by atoms with Gasteiger partial charge in [-0.05, 0) is 31.0 Å². The van der Waals surface area contributed by atoms with E-state index in [9.17, 15) is 0 Å². The number of nitrogens with zero attached hydrogens (tertiary/aromatic N) is 2. The molecule has 5 nitrogen and oxygen atoms in total. The zero-order chi connectivity index (χ0) is 14.2. The third-order valence-corrected chi connectivity index (χ3v) is 3.31. The van der Waals surface area contributed by atoms with E-state index in [2.05, 4.69) is 34.3 Å². The molecule has 20 heavy (non-hydrogen) atoms. The van der Waals surface area contributed by atoms with Crippen LogP contribution in [0, 0.1) is 6.92 Å². The normalized spacial score (nSPS) is 17.1. The molecule has 0 radical (unpaired) electrons. The first-order valence-electron chi connectivity index (χ1n) is 7.18. The summed E-state index contributed by atoms with van der Waals surface area (Å²) in [6.45, 7) is 7.62. The van der Waals surface area contributed by atoms with Gasteiger partial charge < -0.3 is 15.8 Å². The third kappa shape index (κ3) is 5.19. The van der Waals surface area contributed by atoms with Gasteiger partial charge in [0.1, 0.15) is 0 Å². The molecule has 0 bridgehead atoms. The molecule has 3 N–H and O–H groups in total. The topological polar surface area (TPSA) is 62.9 Å². The van der Waals surface area contributed by atoms with Crippen LogP contribution in [-0.4, -0.2) is 50.3 Å². The Morgan fingerprint density at radius 2 is 2.20 bits per heavy atom. The summed E-state index contributed by atoms with van der Waals surface area (Å²) in [5.41, 5.74) is 8.07. The average molecular weight is 276 g/mol. The first kappa shape index (κ1) is 14.8. The summed E-state index contributed by atoms with van der Waals surface area (Å²) in [5.74, 6) is 0.484. The molecule has 0 saturated carbocycles. The van der Waals surface area contributed by atoms with E-state index in [1.165, 1.54) is 5.56 Å². The van der Waals surface area contributed by atoms with E-state index in [1.54, 1.807) is 0 Å². The maximum atomic E-state index is 5.88. The molecule has 0 atom stereocenters. The summed E-state index contributed by atoms with van der Waals surface area (Å²) in [6, 6.07) is 8.10. The molecule has 1 aliphatic rings. The van der Waals surface area contributed by atoms with Crippen molar-refractivity contribution in [2.45, 2.75) is 13.3 Å². The number of guanidine groups is 1. The van der Waals surface area contributed by atoms with Crippen LogP contribution in [0.3, 0.4) is 0 Å². The highest BCUT2D eigenvalue weighted by atomic mass is 16.5. The maximum absolute atomic E-state index is 5.88. The Morgan fingerprint density at radius 1 is 1.40 bits per heavy atom. The second-order valence-corrected chi connectivity index (χ2v) is 5.07. The van der Waals surface area contributed by atoms with E-state index in [4.69, 9.17) is 10.5 Å². The summed E-state index contributed by atoms with van der Waals surface area (Å²) in [7, 11) is 0. The molecule has 1 saturated heterocycles. The lowest BCUT2D eigenvalue weighted by atomic mass is 10.2. The van der Waals surface area contributed by atoms with Gasteiger partial charge in [-0.1, -0.05) is 12.1 Å². The molecule has 2 rings (SSSR count). The summed E-state index contributed by atoms with van der Waals surface area (Å²) in [4.78, 5) is 6.76. The highest BCUT2D eigenvalue weighted by molar-refractivity contribution is 5.92. The van der Waals surface area contributed by atoms with Crippen molar-refractivity contribution >= 4 is 11.6 Å². The third-order valence-electron chi connectivity index (χ3n) is 3.31. The number of aliphatic imine (C=N–C) groups is 1. The fraction of sp³-hybridized carbons (Fsp3) is 0.533. The quantitative estimate of drug-likeness (QED) is 0.485. The smallest absolute Gasteiger partial charge is 0.193 e. The van der Waals surface area contributed by atoms with Gasteiger partial charge in [0.05, 0.1) is 13.2 Å².